The van der Waals surface area contributed by atoms with Gasteiger partial charge in [0.25, 0.3) is 11.8 Å². The van der Waals surface area contributed by atoms with E-state index in [1.165, 1.54) is 12.0 Å². The third kappa shape index (κ3) is 3.68. The number of halogens is 1. The number of nitrogens with one attached hydrogen (secondary N) is 1. The number of amides is 2. The molecule has 0 unspecified atom stereocenters. The lowest BCUT2D eigenvalue weighted by molar-refractivity contribution is -0.136. The van der Waals surface area contributed by atoms with Crippen molar-refractivity contribution in [2.75, 3.05) is 26.1 Å². The zero-order valence-corrected chi connectivity index (χ0v) is 16.7. The van der Waals surface area contributed by atoms with Gasteiger partial charge < -0.3 is 14.8 Å². The summed E-state index contributed by atoms with van der Waals surface area (Å²) >= 11 is 5.97. The van der Waals surface area contributed by atoms with E-state index < -0.39 is 0 Å². The average Bonchev–Trinajstić information content (AvgIpc) is 2.93. The van der Waals surface area contributed by atoms with Crippen molar-refractivity contribution in [3.05, 3.63) is 58.7 Å². The fourth-order valence-corrected chi connectivity index (χ4v) is 3.19. The Bertz CT molecular complexity index is 938. The van der Waals surface area contributed by atoms with Gasteiger partial charge in [0, 0.05) is 23.3 Å². The second kappa shape index (κ2) is 8.35. The van der Waals surface area contributed by atoms with Crippen molar-refractivity contribution in [1.82, 2.24) is 4.90 Å². The highest BCUT2D eigenvalue weighted by Crippen LogP contribution is 2.34. The van der Waals surface area contributed by atoms with Crippen molar-refractivity contribution in [1.29, 1.82) is 0 Å². The molecule has 28 heavy (non-hydrogen) atoms. The number of benzene rings is 2. The first-order valence-electron chi connectivity index (χ1n) is 8.85. The van der Waals surface area contributed by atoms with Gasteiger partial charge in [0.1, 0.15) is 5.70 Å². The molecule has 1 N–H and O–H groups in total. The zero-order chi connectivity index (χ0) is 20.3. The molecule has 0 atom stereocenters. The second-order valence-corrected chi connectivity index (χ2v) is 6.65. The third-order valence-electron chi connectivity index (χ3n) is 4.40. The van der Waals surface area contributed by atoms with E-state index in [0.717, 1.165) is 0 Å². The van der Waals surface area contributed by atoms with Crippen LogP contribution in [0.1, 0.15) is 18.9 Å². The maximum atomic E-state index is 12.9. The lowest BCUT2D eigenvalue weighted by atomic mass is 10.0. The summed E-state index contributed by atoms with van der Waals surface area (Å²) in [7, 11) is 3.08. The second-order valence-electron chi connectivity index (χ2n) is 6.21. The van der Waals surface area contributed by atoms with E-state index >= 15 is 0 Å². The van der Waals surface area contributed by atoms with Crippen LogP contribution in [-0.2, 0) is 9.59 Å². The Labute approximate surface area is 168 Å². The third-order valence-corrected chi connectivity index (χ3v) is 4.65. The van der Waals surface area contributed by atoms with Crippen LogP contribution in [0, 0.1) is 0 Å². The minimum Gasteiger partial charge on any atom is -0.493 e. The molecule has 0 aromatic heterocycles. The normalized spacial score (nSPS) is 13.9. The number of rotatable bonds is 7. The van der Waals surface area contributed by atoms with Crippen molar-refractivity contribution < 1.29 is 19.1 Å². The molecule has 0 spiro atoms. The molecule has 0 aliphatic carbocycles. The lowest BCUT2D eigenvalue weighted by Gasteiger charge is -2.14. The van der Waals surface area contributed by atoms with Gasteiger partial charge in [-0.1, -0.05) is 30.7 Å². The molecule has 3 rings (SSSR count). The number of ether oxygens (including phenoxy) is 2. The molecule has 2 amide bonds. The molecule has 0 radical (unpaired) electrons. The number of methoxy groups -OCH3 is 2. The molecule has 2 aromatic carbocycles. The van der Waals surface area contributed by atoms with Crippen molar-refractivity contribution in [3.8, 4) is 11.5 Å². The Morgan fingerprint density at radius 3 is 2.25 bits per heavy atom. The number of carbonyl (C=O) groups excluding carboxylic acids is 2. The van der Waals surface area contributed by atoms with E-state index in [0.29, 0.717) is 46.3 Å². The van der Waals surface area contributed by atoms with Crippen LogP contribution in [-0.4, -0.2) is 37.5 Å². The first-order valence-corrected chi connectivity index (χ1v) is 9.23. The smallest absolute Gasteiger partial charge is 0.278 e. The topological polar surface area (TPSA) is 67.9 Å². The predicted octanol–water partition coefficient (Wildman–Crippen LogP) is 3.96. The van der Waals surface area contributed by atoms with Crippen LogP contribution in [0.4, 0.5) is 5.69 Å². The Balaban J connectivity index is 2.05. The van der Waals surface area contributed by atoms with Gasteiger partial charge in [-0.25, -0.2) is 0 Å². The fraction of sp³-hybridized carbons (Fsp3) is 0.238. The van der Waals surface area contributed by atoms with Crippen LogP contribution in [0.25, 0.3) is 5.57 Å². The number of anilines is 1. The summed E-state index contributed by atoms with van der Waals surface area (Å²) in [6.07, 6.45) is 0.676. The van der Waals surface area contributed by atoms with Crippen LogP contribution in [0.3, 0.4) is 0 Å². The molecule has 7 heteroatoms. The van der Waals surface area contributed by atoms with Crippen molar-refractivity contribution in [2.24, 2.45) is 0 Å². The van der Waals surface area contributed by atoms with E-state index in [1.54, 1.807) is 49.6 Å². The number of imide groups is 1. The van der Waals surface area contributed by atoms with Crippen LogP contribution >= 0.6 is 11.6 Å². The number of hydrogen-bond acceptors (Lipinski definition) is 5. The van der Waals surface area contributed by atoms with E-state index in [1.807, 2.05) is 6.92 Å². The van der Waals surface area contributed by atoms with Gasteiger partial charge in [0.2, 0.25) is 0 Å². The van der Waals surface area contributed by atoms with Gasteiger partial charge in [0.15, 0.2) is 11.5 Å². The molecule has 1 aliphatic heterocycles. The monoisotopic (exact) mass is 400 g/mol. The number of hydrogen-bond donors (Lipinski definition) is 1. The Morgan fingerprint density at radius 1 is 0.964 bits per heavy atom. The number of carbonyl (C=O) groups is 2. The molecule has 2 aromatic rings. The van der Waals surface area contributed by atoms with Gasteiger partial charge in [-0.15, -0.1) is 0 Å². The quantitative estimate of drug-likeness (QED) is 0.712. The first-order chi connectivity index (χ1) is 13.5. The van der Waals surface area contributed by atoms with Crippen molar-refractivity contribution in [2.45, 2.75) is 13.3 Å². The average molecular weight is 401 g/mol. The Kier molecular flexibility index (Phi) is 5.90. The molecule has 146 valence electrons. The standard InChI is InChI=1S/C21H21ClN2O4/c1-4-11-24-20(25)18(13-5-7-14(22)8-6-13)19(21(24)26)23-15-9-10-16(27-2)17(12-15)28-3/h5-10,12,23H,4,11H2,1-3H3. The minimum atomic E-state index is -0.355. The number of nitrogens with zero attached hydrogens (tertiary/aromatic N) is 1. The maximum absolute atomic E-state index is 12.9. The van der Waals surface area contributed by atoms with E-state index in [9.17, 15) is 9.59 Å². The molecule has 1 aliphatic rings. The largest absolute Gasteiger partial charge is 0.493 e. The van der Waals surface area contributed by atoms with E-state index in [4.69, 9.17) is 21.1 Å². The van der Waals surface area contributed by atoms with E-state index in [2.05, 4.69) is 5.32 Å². The minimum absolute atomic E-state index is 0.230. The summed E-state index contributed by atoms with van der Waals surface area (Å²) in [4.78, 5) is 27.1. The summed E-state index contributed by atoms with van der Waals surface area (Å²) in [6, 6.07) is 12.0. The maximum Gasteiger partial charge on any atom is 0.278 e. The summed E-state index contributed by atoms with van der Waals surface area (Å²) in [5.74, 6) is 0.411. The highest BCUT2D eigenvalue weighted by Gasteiger charge is 2.38. The van der Waals surface area contributed by atoms with Crippen molar-refractivity contribution >= 4 is 34.7 Å². The molecular weight excluding hydrogens is 380 g/mol. The van der Waals surface area contributed by atoms with Gasteiger partial charge in [-0.05, 0) is 36.2 Å². The fourth-order valence-electron chi connectivity index (χ4n) is 3.06. The highest BCUT2D eigenvalue weighted by atomic mass is 35.5. The predicted molar refractivity (Wildman–Crippen MR) is 109 cm³/mol. The van der Waals surface area contributed by atoms with Gasteiger partial charge in [-0.2, -0.15) is 0 Å². The Morgan fingerprint density at radius 2 is 1.64 bits per heavy atom. The molecule has 0 fully saturated rings. The molecule has 0 bridgehead atoms. The lowest BCUT2D eigenvalue weighted by Crippen LogP contribution is -2.33. The first kappa shape index (κ1) is 19.8. The SMILES string of the molecule is CCCN1C(=O)C(Nc2ccc(OC)c(OC)c2)=C(c2ccc(Cl)cc2)C1=O. The van der Waals surface area contributed by atoms with Gasteiger partial charge in [0.05, 0.1) is 19.8 Å². The summed E-state index contributed by atoms with van der Waals surface area (Å²) < 4.78 is 10.6. The molecule has 1 heterocycles. The summed E-state index contributed by atoms with van der Waals surface area (Å²) in [5, 5.41) is 3.65. The highest BCUT2D eigenvalue weighted by molar-refractivity contribution is 6.36. The van der Waals surface area contributed by atoms with Crippen molar-refractivity contribution in [3.63, 3.8) is 0 Å². The molecular formula is C21H21ClN2O4. The molecule has 6 nitrogen and oxygen atoms in total. The molecule has 0 saturated carbocycles. The zero-order valence-electron chi connectivity index (χ0n) is 15.9. The summed E-state index contributed by atoms with van der Waals surface area (Å²) in [6.45, 7) is 2.27. The summed E-state index contributed by atoms with van der Waals surface area (Å²) in [5.41, 5.74) is 1.79. The van der Waals surface area contributed by atoms with Crippen LogP contribution < -0.4 is 14.8 Å². The van der Waals surface area contributed by atoms with Crippen LogP contribution in [0.2, 0.25) is 5.02 Å². The Hall–Kier alpha value is -2.99. The van der Waals surface area contributed by atoms with Crippen LogP contribution in [0.5, 0.6) is 11.5 Å². The van der Waals surface area contributed by atoms with Crippen LogP contribution in [0.15, 0.2) is 48.2 Å². The van der Waals surface area contributed by atoms with E-state index in [-0.39, 0.29) is 17.5 Å². The molecule has 0 saturated heterocycles. The van der Waals surface area contributed by atoms with Gasteiger partial charge >= 0.3 is 0 Å². The van der Waals surface area contributed by atoms with Gasteiger partial charge in [-0.3, -0.25) is 14.5 Å².